The van der Waals surface area contributed by atoms with Crippen molar-refractivity contribution in [2.45, 2.75) is 61.8 Å². The Morgan fingerprint density at radius 1 is 0.943 bits per heavy atom. The van der Waals surface area contributed by atoms with E-state index in [4.69, 9.17) is 15.0 Å². The number of hydrogen-bond donors (Lipinski definition) is 2. The van der Waals surface area contributed by atoms with Crippen molar-refractivity contribution in [2.75, 3.05) is 53.7 Å². The molecule has 1 saturated carbocycles. The molecule has 3 fully saturated rings. The van der Waals surface area contributed by atoms with Gasteiger partial charge in [0.25, 0.3) is 0 Å². The molecule has 2 aliphatic carbocycles. The van der Waals surface area contributed by atoms with Gasteiger partial charge in [0, 0.05) is 55.7 Å². The third-order valence-electron chi connectivity index (χ3n) is 8.77. The molecule has 2 aromatic rings. The Morgan fingerprint density at radius 3 is 2.31 bits per heavy atom. The zero-order chi connectivity index (χ0) is 23.6. The second-order valence-electron chi connectivity index (χ2n) is 11.0. The number of aliphatic hydroxyl groups is 1. The van der Waals surface area contributed by atoms with Crippen molar-refractivity contribution in [1.29, 1.82) is 0 Å². The molecule has 0 aromatic carbocycles. The molecule has 0 amide bonds. The van der Waals surface area contributed by atoms with Crippen LogP contribution in [0.1, 0.15) is 49.1 Å². The number of nitrogens with zero attached hydrogens (tertiary/aromatic N) is 6. The summed E-state index contributed by atoms with van der Waals surface area (Å²) in [5.41, 5.74) is 3.11. The normalized spacial score (nSPS) is 28.4. The quantitative estimate of drug-likeness (QED) is 0.641. The highest BCUT2D eigenvalue weighted by atomic mass is 32.2. The summed E-state index contributed by atoms with van der Waals surface area (Å²) >= 11 is 0. The molecule has 5 heterocycles. The molecule has 3 aliphatic heterocycles. The zero-order valence-corrected chi connectivity index (χ0v) is 20.9. The minimum absolute atomic E-state index is 0.0716. The van der Waals surface area contributed by atoms with Gasteiger partial charge in [-0.1, -0.05) is 0 Å². The molecule has 5 aliphatic rings. The molecular weight excluding hydrogens is 462 g/mol. The molecule has 35 heavy (non-hydrogen) atoms. The molecule has 2 N–H and O–H groups in total. The molecule has 0 radical (unpaired) electrons. The maximum atomic E-state index is 13.1. The van der Waals surface area contributed by atoms with Gasteiger partial charge in [0.1, 0.15) is 10.7 Å². The highest BCUT2D eigenvalue weighted by molar-refractivity contribution is 7.85. The summed E-state index contributed by atoms with van der Waals surface area (Å²) in [6.07, 6.45) is 9.90. The summed E-state index contributed by atoms with van der Waals surface area (Å²) in [7, 11) is -1.11. The van der Waals surface area contributed by atoms with Crippen molar-refractivity contribution in [3.05, 3.63) is 23.1 Å². The molecule has 2 saturated heterocycles. The number of aliphatic hydroxyl groups excluding tert-OH is 1. The minimum Gasteiger partial charge on any atom is -0.394 e. The van der Waals surface area contributed by atoms with Gasteiger partial charge in [0.15, 0.2) is 0 Å². The van der Waals surface area contributed by atoms with E-state index in [1.54, 1.807) is 0 Å². The molecule has 0 spiro atoms. The molecule has 2 aromatic heterocycles. The monoisotopic (exact) mass is 495 g/mol. The van der Waals surface area contributed by atoms with E-state index in [0.717, 1.165) is 100 Å². The van der Waals surface area contributed by atoms with Gasteiger partial charge in [-0.25, -0.2) is 15.0 Å². The van der Waals surface area contributed by atoms with Crippen LogP contribution < -0.4 is 15.1 Å². The van der Waals surface area contributed by atoms with Crippen molar-refractivity contribution in [1.82, 2.24) is 19.9 Å². The average Bonchev–Trinajstić information content (AvgIpc) is 3.33. The number of fused-ring (bicyclic) bond motifs is 3. The first kappa shape index (κ1) is 21.9. The van der Waals surface area contributed by atoms with E-state index in [0.29, 0.717) is 23.4 Å². The van der Waals surface area contributed by atoms with Crippen LogP contribution >= 0.6 is 0 Å². The predicted molar refractivity (Wildman–Crippen MR) is 134 cm³/mol. The van der Waals surface area contributed by atoms with Crippen molar-refractivity contribution >= 4 is 28.5 Å². The zero-order valence-electron chi connectivity index (χ0n) is 20.1. The molecular formula is C25H33N7O2S. The van der Waals surface area contributed by atoms with E-state index < -0.39 is 10.8 Å². The molecule has 3 atom stereocenters. The van der Waals surface area contributed by atoms with E-state index in [2.05, 4.69) is 20.1 Å². The Hall–Kier alpha value is -2.33. The van der Waals surface area contributed by atoms with Crippen molar-refractivity contribution in [2.24, 2.45) is 11.8 Å². The van der Waals surface area contributed by atoms with E-state index in [9.17, 15) is 9.32 Å². The van der Waals surface area contributed by atoms with Crippen LogP contribution in [0.4, 0.5) is 17.7 Å². The van der Waals surface area contributed by atoms with Gasteiger partial charge in [-0.15, -0.1) is 0 Å². The van der Waals surface area contributed by atoms with Crippen molar-refractivity contribution in [3.8, 4) is 0 Å². The number of anilines is 3. The van der Waals surface area contributed by atoms with Crippen LogP contribution in [-0.2, 0) is 30.1 Å². The van der Waals surface area contributed by atoms with E-state index >= 15 is 0 Å². The van der Waals surface area contributed by atoms with Gasteiger partial charge < -0.3 is 20.2 Å². The maximum absolute atomic E-state index is 13.1. The highest BCUT2D eigenvalue weighted by Crippen LogP contribution is 2.39. The summed E-state index contributed by atoms with van der Waals surface area (Å²) in [5, 5.41) is 13.6. The van der Waals surface area contributed by atoms with E-state index in [1.165, 1.54) is 11.3 Å². The first-order valence-electron chi connectivity index (χ1n) is 13.1. The fourth-order valence-electron chi connectivity index (χ4n) is 6.33. The van der Waals surface area contributed by atoms with Crippen LogP contribution in [0.15, 0.2) is 11.1 Å². The lowest BCUT2D eigenvalue weighted by molar-refractivity contribution is 0.143. The van der Waals surface area contributed by atoms with Crippen molar-refractivity contribution < 1.29 is 9.32 Å². The predicted octanol–water partition coefficient (Wildman–Crippen LogP) is 1.71. The second kappa shape index (κ2) is 8.37. The van der Waals surface area contributed by atoms with Gasteiger partial charge in [-0.2, -0.15) is 4.98 Å². The number of nitrogens with one attached hydrogen (secondary N) is 1. The number of hydrogen-bond acceptors (Lipinski definition) is 9. The van der Waals surface area contributed by atoms with Gasteiger partial charge in [0.05, 0.1) is 28.6 Å². The summed E-state index contributed by atoms with van der Waals surface area (Å²) in [6, 6.07) is 0. The largest absolute Gasteiger partial charge is 0.394 e. The molecule has 186 valence electrons. The van der Waals surface area contributed by atoms with Gasteiger partial charge in [0.2, 0.25) is 11.9 Å². The molecule has 9 nitrogen and oxygen atoms in total. The van der Waals surface area contributed by atoms with Crippen LogP contribution in [0.3, 0.4) is 0 Å². The lowest BCUT2D eigenvalue weighted by atomic mass is 9.77. The molecule has 3 unspecified atom stereocenters. The second-order valence-corrected chi connectivity index (χ2v) is 12.6. The highest BCUT2D eigenvalue weighted by Gasteiger charge is 2.43. The topological polar surface area (TPSA) is 107 Å². The Kier molecular flexibility index (Phi) is 5.24. The molecule has 0 bridgehead atoms. The van der Waals surface area contributed by atoms with Crippen LogP contribution in [-0.4, -0.2) is 73.3 Å². The maximum Gasteiger partial charge on any atom is 0.227 e. The van der Waals surface area contributed by atoms with Gasteiger partial charge in [-0.05, 0) is 56.9 Å². The number of aryl methyl sites for hydroxylation is 3. The third kappa shape index (κ3) is 3.71. The average molecular weight is 496 g/mol. The van der Waals surface area contributed by atoms with E-state index in [-0.39, 0.29) is 12.1 Å². The Labute approximate surface area is 208 Å². The van der Waals surface area contributed by atoms with Crippen LogP contribution in [0.5, 0.6) is 0 Å². The van der Waals surface area contributed by atoms with E-state index in [1.807, 2.05) is 6.20 Å². The smallest absolute Gasteiger partial charge is 0.227 e. The lowest BCUT2D eigenvalue weighted by Gasteiger charge is -2.42. The minimum atomic E-state index is -1.11. The Balaban J connectivity index is 1.14. The number of aromatic nitrogens is 4. The first-order chi connectivity index (χ1) is 17.1. The molecule has 7 rings (SSSR count). The SMILES string of the molecule is O=S1CCCCc2nc(N3CC4CN(c5ncc6c(n5)CC6)CC4C3)nc(NC3(CO)CCC3)c21. The number of rotatable bonds is 5. The van der Waals surface area contributed by atoms with Gasteiger partial charge in [-0.3, -0.25) is 4.21 Å². The Morgan fingerprint density at radius 2 is 1.69 bits per heavy atom. The van der Waals surface area contributed by atoms with Crippen LogP contribution in [0.25, 0.3) is 0 Å². The summed E-state index contributed by atoms with van der Waals surface area (Å²) in [6.45, 7) is 3.83. The van der Waals surface area contributed by atoms with Crippen LogP contribution in [0, 0.1) is 11.8 Å². The lowest BCUT2D eigenvalue weighted by Crippen LogP contribution is -2.49. The standard InChI is InChI=1S/C25H33N7O2S/c33-15-25(7-3-8-25)30-22-21-20(4-1-2-9-35(21)34)28-24(29-22)32-13-17-11-31(12-18(17)14-32)23-26-10-16-5-6-19(16)27-23/h10,17-18,33H,1-9,11-15H2,(H,28,29,30). The summed E-state index contributed by atoms with van der Waals surface area (Å²) in [5.74, 6) is 4.05. The fraction of sp³-hybridized carbons (Fsp3) is 0.680. The van der Waals surface area contributed by atoms with Crippen LogP contribution in [0.2, 0.25) is 0 Å². The third-order valence-corrected chi connectivity index (χ3v) is 10.3. The van der Waals surface area contributed by atoms with Crippen molar-refractivity contribution in [3.63, 3.8) is 0 Å². The van der Waals surface area contributed by atoms with Gasteiger partial charge >= 0.3 is 0 Å². The summed E-state index contributed by atoms with van der Waals surface area (Å²) in [4.78, 5) is 24.8. The fourth-order valence-corrected chi connectivity index (χ4v) is 7.72. The Bertz CT molecular complexity index is 1170. The summed E-state index contributed by atoms with van der Waals surface area (Å²) < 4.78 is 13.1. The molecule has 10 heteroatoms. The first-order valence-corrected chi connectivity index (χ1v) is 14.5.